The quantitative estimate of drug-likeness (QED) is 0.504. The predicted molar refractivity (Wildman–Crippen MR) is 142 cm³/mol. The van der Waals surface area contributed by atoms with Crippen LogP contribution in [0.25, 0.3) is 11.3 Å². The van der Waals surface area contributed by atoms with Crippen LogP contribution in [0.5, 0.6) is 0 Å². The van der Waals surface area contributed by atoms with Gasteiger partial charge in [0.15, 0.2) is 12.2 Å². The second kappa shape index (κ2) is 9.38. The second-order valence-corrected chi connectivity index (χ2v) is 11.5. The SMILES string of the molecule is O=C(CC1CC2(CCN(C(=O)[C@@H]3C[C@H]4CC[C@@H]3O4)CC2)c2ccccc21)Nc1cccc(-c2cnco2)c1. The van der Waals surface area contributed by atoms with Crippen molar-refractivity contribution in [2.24, 2.45) is 5.92 Å². The minimum absolute atomic E-state index is 0.0143. The van der Waals surface area contributed by atoms with Crippen LogP contribution in [0, 0.1) is 5.92 Å². The number of anilines is 1. The topological polar surface area (TPSA) is 84.7 Å². The van der Waals surface area contributed by atoms with E-state index in [0.29, 0.717) is 24.2 Å². The summed E-state index contributed by atoms with van der Waals surface area (Å²) in [4.78, 5) is 32.6. The van der Waals surface area contributed by atoms with E-state index in [9.17, 15) is 9.59 Å². The van der Waals surface area contributed by atoms with E-state index in [1.807, 2.05) is 24.3 Å². The van der Waals surface area contributed by atoms with Gasteiger partial charge in [0.1, 0.15) is 0 Å². The molecule has 4 atom stereocenters. The fourth-order valence-corrected chi connectivity index (χ4v) is 7.51. The largest absolute Gasteiger partial charge is 0.444 e. The Labute approximate surface area is 222 Å². The van der Waals surface area contributed by atoms with E-state index in [-0.39, 0.29) is 29.3 Å². The fraction of sp³-hybridized carbons (Fsp3) is 0.452. The third kappa shape index (κ3) is 4.13. The van der Waals surface area contributed by atoms with Gasteiger partial charge in [-0.25, -0.2) is 4.98 Å². The minimum Gasteiger partial charge on any atom is -0.444 e. The predicted octanol–water partition coefficient (Wildman–Crippen LogP) is 5.29. The van der Waals surface area contributed by atoms with Gasteiger partial charge in [0.25, 0.3) is 0 Å². The summed E-state index contributed by atoms with van der Waals surface area (Å²) in [5, 5.41) is 3.09. The summed E-state index contributed by atoms with van der Waals surface area (Å²) >= 11 is 0. The van der Waals surface area contributed by atoms with E-state index in [1.165, 1.54) is 17.5 Å². The summed E-state index contributed by atoms with van der Waals surface area (Å²) in [5.41, 5.74) is 4.33. The van der Waals surface area contributed by atoms with Crippen molar-refractivity contribution in [1.29, 1.82) is 0 Å². The van der Waals surface area contributed by atoms with E-state index >= 15 is 0 Å². The van der Waals surface area contributed by atoms with Gasteiger partial charge < -0.3 is 19.4 Å². The molecule has 196 valence electrons. The Kier molecular flexibility index (Phi) is 5.84. The lowest BCUT2D eigenvalue weighted by atomic mass is 9.73. The summed E-state index contributed by atoms with van der Waals surface area (Å²) in [5.74, 6) is 1.20. The molecule has 4 aliphatic rings. The van der Waals surface area contributed by atoms with Crippen LogP contribution >= 0.6 is 0 Å². The van der Waals surface area contributed by atoms with Gasteiger partial charge in [-0.1, -0.05) is 36.4 Å². The number of carbonyl (C=O) groups is 2. The van der Waals surface area contributed by atoms with Crippen LogP contribution in [-0.4, -0.2) is 47.0 Å². The molecule has 0 saturated carbocycles. The lowest BCUT2D eigenvalue weighted by Crippen LogP contribution is -2.48. The standard InChI is InChI=1S/C31H33N3O4/c35-29(33-22-5-3-4-20(14-22)28-18-32-19-37-28)15-21-17-31(26-7-2-1-6-24(21)26)10-12-34(13-11-31)30(36)25-16-23-8-9-27(25)38-23/h1-7,14,18-19,21,23,25,27H,8-13,15-17H2,(H,33,35)/t21?,23-,25-,27+/m1/s1. The molecule has 1 spiro atoms. The maximum atomic E-state index is 13.3. The van der Waals surface area contributed by atoms with Crippen molar-refractivity contribution >= 4 is 17.5 Å². The molecule has 2 bridgehead atoms. The molecule has 1 aromatic heterocycles. The Hall–Kier alpha value is -3.45. The molecule has 4 heterocycles. The Bertz CT molecular complexity index is 1340. The van der Waals surface area contributed by atoms with E-state index in [0.717, 1.165) is 62.9 Å². The highest BCUT2D eigenvalue weighted by atomic mass is 16.5. The van der Waals surface area contributed by atoms with Crippen LogP contribution < -0.4 is 5.32 Å². The summed E-state index contributed by atoms with van der Waals surface area (Å²) in [6.45, 7) is 1.57. The summed E-state index contributed by atoms with van der Waals surface area (Å²) in [6.07, 6.45) is 9.83. The monoisotopic (exact) mass is 511 g/mol. The number of nitrogens with one attached hydrogen (secondary N) is 1. The van der Waals surface area contributed by atoms with Gasteiger partial charge in [-0.3, -0.25) is 9.59 Å². The van der Waals surface area contributed by atoms with Gasteiger partial charge in [0, 0.05) is 30.8 Å². The number of hydrogen-bond acceptors (Lipinski definition) is 5. The number of ether oxygens (including phenoxy) is 1. The first-order chi connectivity index (χ1) is 18.6. The molecule has 3 saturated heterocycles. The van der Waals surface area contributed by atoms with Gasteiger partial charge >= 0.3 is 0 Å². The first-order valence-electron chi connectivity index (χ1n) is 13.9. The third-order valence-corrected chi connectivity index (χ3v) is 9.36. The highest BCUT2D eigenvalue weighted by Crippen LogP contribution is 2.53. The van der Waals surface area contributed by atoms with Crippen molar-refractivity contribution in [2.45, 2.75) is 68.5 Å². The lowest BCUT2D eigenvalue weighted by molar-refractivity contribution is -0.138. The molecule has 1 N–H and O–H groups in total. The molecular formula is C31H33N3O4. The summed E-state index contributed by atoms with van der Waals surface area (Å²) in [6, 6.07) is 16.3. The van der Waals surface area contributed by atoms with Crippen LogP contribution in [0.4, 0.5) is 5.69 Å². The van der Waals surface area contributed by atoms with Gasteiger partial charge in [0.2, 0.25) is 11.8 Å². The number of benzene rings is 2. The molecule has 3 aromatic rings. The van der Waals surface area contributed by atoms with Gasteiger partial charge in [-0.05, 0) is 73.1 Å². The highest BCUT2D eigenvalue weighted by Gasteiger charge is 2.49. The van der Waals surface area contributed by atoms with Crippen molar-refractivity contribution in [3.05, 3.63) is 72.2 Å². The normalized spacial score (nSPS) is 27.0. The van der Waals surface area contributed by atoms with E-state index in [2.05, 4.69) is 39.5 Å². The fourth-order valence-electron chi connectivity index (χ4n) is 7.51. The zero-order valence-electron chi connectivity index (χ0n) is 21.5. The van der Waals surface area contributed by atoms with E-state index in [4.69, 9.17) is 9.15 Å². The number of fused-ring (bicyclic) bond motifs is 4. The van der Waals surface area contributed by atoms with Crippen molar-refractivity contribution in [3.63, 3.8) is 0 Å². The molecular weight excluding hydrogens is 478 g/mol. The zero-order valence-corrected chi connectivity index (χ0v) is 21.5. The minimum atomic E-state index is 0.0143. The van der Waals surface area contributed by atoms with Crippen LogP contribution in [0.1, 0.15) is 62.0 Å². The Morgan fingerprint density at radius 1 is 1.08 bits per heavy atom. The number of nitrogens with zero attached hydrogens (tertiary/aromatic N) is 2. The molecule has 1 aliphatic carbocycles. The van der Waals surface area contributed by atoms with Crippen LogP contribution in [0.2, 0.25) is 0 Å². The Balaban J connectivity index is 1.02. The smallest absolute Gasteiger partial charge is 0.228 e. The van der Waals surface area contributed by atoms with Gasteiger partial charge in [-0.2, -0.15) is 0 Å². The number of oxazole rings is 1. The van der Waals surface area contributed by atoms with Gasteiger partial charge in [-0.15, -0.1) is 0 Å². The molecule has 38 heavy (non-hydrogen) atoms. The van der Waals surface area contributed by atoms with Crippen LogP contribution in [0.3, 0.4) is 0 Å². The number of aromatic nitrogens is 1. The Morgan fingerprint density at radius 2 is 1.95 bits per heavy atom. The average Bonchev–Trinajstić information content (AvgIpc) is 3.75. The number of rotatable bonds is 5. The first-order valence-corrected chi connectivity index (χ1v) is 13.9. The first kappa shape index (κ1) is 23.7. The molecule has 2 aromatic carbocycles. The van der Waals surface area contributed by atoms with Crippen LogP contribution in [0.15, 0.2) is 65.5 Å². The maximum Gasteiger partial charge on any atom is 0.228 e. The molecule has 2 amide bonds. The molecule has 7 nitrogen and oxygen atoms in total. The van der Waals surface area contributed by atoms with Crippen molar-refractivity contribution in [1.82, 2.24) is 9.88 Å². The average molecular weight is 512 g/mol. The molecule has 7 rings (SSSR count). The number of likely N-dealkylation sites (tertiary alicyclic amines) is 1. The number of amides is 2. The van der Waals surface area contributed by atoms with Crippen molar-refractivity contribution < 1.29 is 18.7 Å². The molecule has 3 fully saturated rings. The molecule has 0 radical (unpaired) electrons. The summed E-state index contributed by atoms with van der Waals surface area (Å²) < 4.78 is 11.4. The number of carbonyl (C=O) groups excluding carboxylic acids is 2. The van der Waals surface area contributed by atoms with E-state index < -0.39 is 0 Å². The molecule has 7 heteroatoms. The van der Waals surface area contributed by atoms with Gasteiger partial charge in [0.05, 0.1) is 24.3 Å². The maximum absolute atomic E-state index is 13.3. The Morgan fingerprint density at radius 3 is 2.71 bits per heavy atom. The van der Waals surface area contributed by atoms with E-state index in [1.54, 1.807) is 6.20 Å². The molecule has 3 aliphatic heterocycles. The lowest BCUT2D eigenvalue weighted by Gasteiger charge is -2.41. The summed E-state index contributed by atoms with van der Waals surface area (Å²) in [7, 11) is 0. The van der Waals surface area contributed by atoms with Crippen molar-refractivity contribution in [2.75, 3.05) is 18.4 Å². The number of piperidine rings is 1. The third-order valence-electron chi connectivity index (χ3n) is 9.36. The van der Waals surface area contributed by atoms with Crippen molar-refractivity contribution in [3.8, 4) is 11.3 Å². The van der Waals surface area contributed by atoms with Crippen LogP contribution in [-0.2, 0) is 19.7 Å². The second-order valence-electron chi connectivity index (χ2n) is 11.5. The highest BCUT2D eigenvalue weighted by molar-refractivity contribution is 5.92. The number of hydrogen-bond donors (Lipinski definition) is 1. The molecule has 1 unspecified atom stereocenters. The zero-order chi connectivity index (χ0) is 25.7.